The third-order valence-corrected chi connectivity index (χ3v) is 5.27. The Morgan fingerprint density at radius 2 is 2.13 bits per heavy atom. The Labute approximate surface area is 141 Å². The predicted octanol–water partition coefficient (Wildman–Crippen LogP) is 3.78. The number of para-hydroxylation sites is 1. The number of benzene rings is 1. The number of aryl methyl sites for hydroxylation is 2. The zero-order valence-electron chi connectivity index (χ0n) is 12.2. The van der Waals surface area contributed by atoms with Crippen molar-refractivity contribution in [1.82, 2.24) is 14.8 Å². The first kappa shape index (κ1) is 15.7. The third-order valence-electron chi connectivity index (χ3n) is 3.30. The number of nitro benzene ring substituents is 1. The molecule has 0 saturated heterocycles. The normalized spacial score (nSPS) is 10.8. The number of nitrogens with zero attached hydrogens (tertiary/aromatic N) is 4. The van der Waals surface area contributed by atoms with Crippen LogP contribution in [0.4, 0.5) is 5.69 Å². The van der Waals surface area contributed by atoms with E-state index in [1.807, 2.05) is 16.7 Å². The van der Waals surface area contributed by atoms with Gasteiger partial charge in [0, 0.05) is 28.8 Å². The average molecular weight is 346 g/mol. The Hall–Kier alpha value is -2.19. The molecule has 0 unspecified atom stereocenters. The fourth-order valence-electron chi connectivity index (χ4n) is 2.15. The minimum absolute atomic E-state index is 0.143. The molecule has 0 saturated carbocycles. The van der Waals surface area contributed by atoms with Gasteiger partial charge in [0.05, 0.1) is 4.92 Å². The summed E-state index contributed by atoms with van der Waals surface area (Å²) in [4.78, 5) is 12.0. The Morgan fingerprint density at radius 1 is 1.26 bits per heavy atom. The van der Waals surface area contributed by atoms with Gasteiger partial charge in [0.25, 0.3) is 5.69 Å². The van der Waals surface area contributed by atoms with E-state index in [2.05, 4.69) is 21.6 Å². The summed E-state index contributed by atoms with van der Waals surface area (Å²) in [7, 11) is 0. The van der Waals surface area contributed by atoms with Crippen LogP contribution < -0.4 is 0 Å². The van der Waals surface area contributed by atoms with Crippen molar-refractivity contribution < 1.29 is 4.92 Å². The van der Waals surface area contributed by atoms with Gasteiger partial charge in [-0.3, -0.25) is 10.1 Å². The molecule has 2 heterocycles. The number of thioether (sulfide) groups is 1. The van der Waals surface area contributed by atoms with Crippen molar-refractivity contribution in [3.05, 3.63) is 68.7 Å². The highest BCUT2D eigenvalue weighted by Crippen LogP contribution is 2.26. The Balaban J connectivity index is 1.65. The maximum atomic E-state index is 11.0. The zero-order chi connectivity index (χ0) is 16.1. The van der Waals surface area contributed by atoms with Crippen LogP contribution in [-0.2, 0) is 18.7 Å². The molecular formula is C15H14N4O2S2. The largest absolute Gasteiger partial charge is 0.308 e. The fraction of sp³-hybridized carbons (Fsp3) is 0.200. The topological polar surface area (TPSA) is 73.8 Å². The lowest BCUT2D eigenvalue weighted by Gasteiger charge is -2.06. The van der Waals surface area contributed by atoms with Crippen molar-refractivity contribution in [1.29, 1.82) is 0 Å². The molecule has 3 rings (SSSR count). The highest BCUT2D eigenvalue weighted by molar-refractivity contribution is 7.98. The quantitative estimate of drug-likeness (QED) is 0.370. The van der Waals surface area contributed by atoms with Crippen molar-refractivity contribution in [3.63, 3.8) is 0 Å². The summed E-state index contributed by atoms with van der Waals surface area (Å²) in [6, 6.07) is 10.9. The van der Waals surface area contributed by atoms with Crippen LogP contribution in [0.15, 0.2) is 53.3 Å². The molecule has 0 aliphatic rings. The van der Waals surface area contributed by atoms with E-state index in [1.54, 1.807) is 29.8 Å². The molecule has 118 valence electrons. The second kappa shape index (κ2) is 7.38. The number of hydrogen-bond donors (Lipinski definition) is 0. The van der Waals surface area contributed by atoms with Crippen LogP contribution in [0.5, 0.6) is 0 Å². The first-order valence-corrected chi connectivity index (χ1v) is 8.86. The van der Waals surface area contributed by atoms with Gasteiger partial charge in [-0.1, -0.05) is 36.0 Å². The van der Waals surface area contributed by atoms with E-state index in [4.69, 9.17) is 0 Å². The lowest BCUT2D eigenvalue weighted by molar-refractivity contribution is -0.385. The Kier molecular flexibility index (Phi) is 5.04. The van der Waals surface area contributed by atoms with E-state index in [1.165, 1.54) is 22.7 Å². The van der Waals surface area contributed by atoms with Gasteiger partial charge in [-0.15, -0.1) is 21.5 Å². The van der Waals surface area contributed by atoms with E-state index in [-0.39, 0.29) is 10.6 Å². The number of nitro groups is 1. The third kappa shape index (κ3) is 3.96. The first-order valence-electron chi connectivity index (χ1n) is 6.99. The highest BCUT2D eigenvalue weighted by atomic mass is 32.2. The molecule has 0 N–H and O–H groups in total. The maximum absolute atomic E-state index is 11.0. The van der Waals surface area contributed by atoms with Gasteiger partial charge in [0.1, 0.15) is 6.33 Å². The Morgan fingerprint density at radius 3 is 2.91 bits per heavy atom. The molecular weight excluding hydrogens is 332 g/mol. The molecule has 0 fully saturated rings. The SMILES string of the molecule is O=[N+]([O-])c1ccccc1CSc1nncn1CCc1cccs1. The van der Waals surface area contributed by atoms with Gasteiger partial charge in [0.15, 0.2) is 5.16 Å². The number of thiophene rings is 1. The maximum Gasteiger partial charge on any atom is 0.273 e. The van der Waals surface area contributed by atoms with Crippen molar-refractivity contribution in [2.75, 3.05) is 0 Å². The van der Waals surface area contributed by atoms with Crippen LogP contribution in [0.1, 0.15) is 10.4 Å². The van der Waals surface area contributed by atoms with Crippen molar-refractivity contribution in [2.45, 2.75) is 23.9 Å². The van der Waals surface area contributed by atoms with Gasteiger partial charge in [-0.05, 0) is 17.9 Å². The molecule has 0 spiro atoms. The number of aromatic nitrogens is 3. The number of rotatable bonds is 7. The summed E-state index contributed by atoms with van der Waals surface area (Å²) >= 11 is 3.19. The van der Waals surface area contributed by atoms with Crippen molar-refractivity contribution in [2.24, 2.45) is 0 Å². The van der Waals surface area contributed by atoms with E-state index >= 15 is 0 Å². The zero-order valence-corrected chi connectivity index (χ0v) is 13.8. The predicted molar refractivity (Wildman–Crippen MR) is 90.7 cm³/mol. The molecule has 1 aromatic carbocycles. The smallest absolute Gasteiger partial charge is 0.273 e. The lowest BCUT2D eigenvalue weighted by Crippen LogP contribution is -2.01. The van der Waals surface area contributed by atoms with E-state index in [9.17, 15) is 10.1 Å². The van der Waals surface area contributed by atoms with Crippen LogP contribution in [0.25, 0.3) is 0 Å². The molecule has 0 aliphatic heterocycles. The summed E-state index contributed by atoms with van der Waals surface area (Å²) in [5, 5.41) is 22.0. The van der Waals surface area contributed by atoms with Gasteiger partial charge >= 0.3 is 0 Å². The molecule has 0 atom stereocenters. The number of hydrogen-bond acceptors (Lipinski definition) is 6. The van der Waals surface area contributed by atoms with E-state index in [0.717, 1.165) is 18.1 Å². The van der Waals surface area contributed by atoms with E-state index < -0.39 is 0 Å². The van der Waals surface area contributed by atoms with Crippen LogP contribution in [-0.4, -0.2) is 19.7 Å². The highest BCUT2D eigenvalue weighted by Gasteiger charge is 2.14. The fourth-order valence-corrected chi connectivity index (χ4v) is 3.78. The van der Waals surface area contributed by atoms with Gasteiger partial charge in [-0.25, -0.2) is 0 Å². The monoisotopic (exact) mass is 346 g/mol. The minimum Gasteiger partial charge on any atom is -0.308 e. The second-order valence-electron chi connectivity index (χ2n) is 4.81. The molecule has 6 nitrogen and oxygen atoms in total. The van der Waals surface area contributed by atoms with Crippen molar-refractivity contribution >= 4 is 28.8 Å². The molecule has 0 radical (unpaired) electrons. The average Bonchev–Trinajstić information content (AvgIpc) is 3.22. The summed E-state index contributed by atoms with van der Waals surface area (Å²) in [5.41, 5.74) is 0.833. The summed E-state index contributed by atoms with van der Waals surface area (Å²) < 4.78 is 1.99. The van der Waals surface area contributed by atoms with Crippen LogP contribution in [0.2, 0.25) is 0 Å². The lowest BCUT2D eigenvalue weighted by atomic mass is 10.2. The first-order chi connectivity index (χ1) is 11.2. The van der Waals surface area contributed by atoms with Crippen LogP contribution in [0.3, 0.4) is 0 Å². The van der Waals surface area contributed by atoms with E-state index in [0.29, 0.717) is 11.3 Å². The molecule has 0 aliphatic carbocycles. The second-order valence-corrected chi connectivity index (χ2v) is 6.79. The minimum atomic E-state index is -0.350. The molecule has 23 heavy (non-hydrogen) atoms. The molecule has 8 heteroatoms. The summed E-state index contributed by atoms with van der Waals surface area (Å²) in [6.07, 6.45) is 2.63. The van der Waals surface area contributed by atoms with Gasteiger partial charge in [0.2, 0.25) is 0 Å². The summed E-state index contributed by atoms with van der Waals surface area (Å²) in [6.45, 7) is 0.798. The Bertz CT molecular complexity index is 786. The standard InChI is InChI=1S/C15H14N4O2S2/c20-19(21)14-6-2-1-4-12(14)10-23-15-17-16-11-18(15)8-7-13-5-3-9-22-13/h1-6,9,11H,7-8,10H2. The summed E-state index contributed by atoms with van der Waals surface area (Å²) in [5.74, 6) is 0.495. The molecule has 0 amide bonds. The van der Waals surface area contributed by atoms with Gasteiger partial charge < -0.3 is 4.57 Å². The van der Waals surface area contributed by atoms with Crippen molar-refractivity contribution in [3.8, 4) is 0 Å². The van der Waals surface area contributed by atoms with Crippen LogP contribution in [0, 0.1) is 10.1 Å². The van der Waals surface area contributed by atoms with Gasteiger partial charge in [-0.2, -0.15) is 0 Å². The molecule has 2 aromatic heterocycles. The van der Waals surface area contributed by atoms with Crippen LogP contribution >= 0.6 is 23.1 Å². The molecule has 0 bridgehead atoms. The molecule has 3 aromatic rings.